The molecule has 0 bridgehead atoms. The van der Waals surface area contributed by atoms with Crippen molar-refractivity contribution < 1.29 is 4.79 Å². The van der Waals surface area contributed by atoms with Gasteiger partial charge in [-0.2, -0.15) is 0 Å². The van der Waals surface area contributed by atoms with Crippen LogP contribution in [0.1, 0.15) is 27.0 Å². The summed E-state index contributed by atoms with van der Waals surface area (Å²) in [6.45, 7) is 2.59. The van der Waals surface area contributed by atoms with Crippen LogP contribution in [0.2, 0.25) is 0 Å². The summed E-state index contributed by atoms with van der Waals surface area (Å²) in [4.78, 5) is 22.9. The molecule has 6 heteroatoms. The van der Waals surface area contributed by atoms with Gasteiger partial charge in [-0.3, -0.25) is 4.79 Å². The average molecular weight is 361 g/mol. The molecule has 1 aliphatic heterocycles. The molecule has 0 spiro atoms. The summed E-state index contributed by atoms with van der Waals surface area (Å²) < 4.78 is 0. The lowest BCUT2D eigenvalue weighted by atomic mass is 10.00. The Balaban J connectivity index is 1.37. The Bertz CT molecular complexity index is 901. The molecule has 1 aromatic heterocycles. The van der Waals surface area contributed by atoms with Crippen LogP contribution in [-0.2, 0) is 19.4 Å². The Kier molecular flexibility index (Phi) is 4.87. The summed E-state index contributed by atoms with van der Waals surface area (Å²) in [6.07, 6.45) is 11.6. The number of benzene rings is 1. The quantitative estimate of drug-likeness (QED) is 0.855. The third-order valence-electron chi connectivity index (χ3n) is 5.06. The van der Waals surface area contributed by atoms with Gasteiger partial charge in [0.1, 0.15) is 0 Å². The second-order valence-electron chi connectivity index (χ2n) is 6.77. The average Bonchev–Trinajstić information content (AvgIpc) is 2.87. The fraction of sp³-hybridized carbons (Fsp3) is 0.286. The lowest BCUT2D eigenvalue weighted by molar-refractivity contribution is 0.0950. The highest BCUT2D eigenvalue weighted by molar-refractivity contribution is 5.93. The van der Waals surface area contributed by atoms with Gasteiger partial charge in [-0.15, -0.1) is 0 Å². The van der Waals surface area contributed by atoms with Crippen LogP contribution < -0.4 is 10.6 Å². The number of nitrogens with zero attached hydrogens (tertiary/aromatic N) is 3. The molecule has 2 N–H and O–H groups in total. The van der Waals surface area contributed by atoms with Crippen molar-refractivity contribution >= 4 is 11.9 Å². The first-order chi connectivity index (χ1) is 13.2. The van der Waals surface area contributed by atoms with Crippen molar-refractivity contribution in [1.82, 2.24) is 20.2 Å². The summed E-state index contributed by atoms with van der Waals surface area (Å²) in [5, 5.41) is 5.79. The maximum atomic E-state index is 12.3. The Labute approximate surface area is 159 Å². The molecule has 138 valence electrons. The van der Waals surface area contributed by atoms with Crippen molar-refractivity contribution in [2.24, 2.45) is 0 Å². The zero-order valence-corrected chi connectivity index (χ0v) is 15.4. The van der Waals surface area contributed by atoms with E-state index in [1.54, 1.807) is 7.05 Å². The molecule has 1 aromatic carbocycles. The van der Waals surface area contributed by atoms with E-state index in [1.807, 2.05) is 0 Å². The third kappa shape index (κ3) is 3.84. The van der Waals surface area contributed by atoms with Crippen molar-refractivity contribution in [1.29, 1.82) is 0 Å². The highest BCUT2D eigenvalue weighted by atomic mass is 16.1. The molecule has 2 aromatic rings. The minimum atomic E-state index is -0.164. The molecule has 0 atom stereocenters. The largest absolute Gasteiger partial charge is 0.371 e. The molecule has 27 heavy (non-hydrogen) atoms. The van der Waals surface area contributed by atoms with Crippen LogP contribution in [0.4, 0.5) is 5.95 Å². The van der Waals surface area contributed by atoms with E-state index in [1.165, 1.54) is 29.2 Å². The second kappa shape index (κ2) is 7.61. The van der Waals surface area contributed by atoms with Crippen LogP contribution in [0.3, 0.4) is 0 Å². The lowest BCUT2D eigenvalue weighted by Crippen LogP contribution is -2.26. The molecule has 0 unspecified atom stereocenters. The third-order valence-corrected chi connectivity index (χ3v) is 5.06. The Hall–Kier alpha value is -3.15. The van der Waals surface area contributed by atoms with E-state index in [9.17, 15) is 4.79 Å². The number of anilines is 1. The highest BCUT2D eigenvalue weighted by Crippen LogP contribution is 2.22. The van der Waals surface area contributed by atoms with Gasteiger partial charge in [0, 0.05) is 44.8 Å². The first kappa shape index (κ1) is 17.3. The number of aromatic nitrogens is 2. The van der Waals surface area contributed by atoms with Crippen molar-refractivity contribution in [3.8, 4) is 0 Å². The number of carbonyl (C=O) groups is 1. The normalized spacial score (nSPS) is 15.3. The first-order valence-electron chi connectivity index (χ1n) is 9.25. The van der Waals surface area contributed by atoms with E-state index in [0.717, 1.165) is 31.5 Å². The van der Waals surface area contributed by atoms with Crippen LogP contribution in [-0.4, -0.2) is 40.9 Å². The smallest absolute Gasteiger partial charge is 0.254 e. The maximum Gasteiger partial charge on any atom is 0.254 e. The monoisotopic (exact) mass is 361 g/mol. The summed E-state index contributed by atoms with van der Waals surface area (Å²) >= 11 is 0. The van der Waals surface area contributed by atoms with Gasteiger partial charge in [0.05, 0.1) is 5.56 Å². The van der Waals surface area contributed by atoms with Gasteiger partial charge in [-0.25, -0.2) is 9.97 Å². The molecule has 4 rings (SSSR count). The number of allylic oxidation sites excluding steroid dienone is 3. The zero-order valence-electron chi connectivity index (χ0n) is 15.4. The molecule has 0 radical (unpaired) electrons. The summed E-state index contributed by atoms with van der Waals surface area (Å²) in [5.41, 5.74) is 5.71. The number of rotatable bonds is 5. The van der Waals surface area contributed by atoms with Crippen LogP contribution >= 0.6 is 0 Å². The predicted octanol–water partition coefficient (Wildman–Crippen LogP) is 2.30. The first-order valence-corrected chi connectivity index (χ1v) is 9.25. The minimum Gasteiger partial charge on any atom is -0.371 e. The van der Waals surface area contributed by atoms with E-state index in [2.05, 4.69) is 61.9 Å². The molecule has 1 amide bonds. The standard InChI is InChI=1S/C21H23N5O/c1-22-21-24-13-18(14-25-21)20(27)23-12-15-5-6-16-7-9-26(19-3-2-4-19)10-8-17(16)11-15/h2-6,11,13-14H,7-10,12H2,1H3,(H,23,27)(H,22,24,25). The number of fused-ring (bicyclic) bond motifs is 1. The van der Waals surface area contributed by atoms with Crippen molar-refractivity contribution in [2.45, 2.75) is 19.4 Å². The Morgan fingerprint density at radius 3 is 2.56 bits per heavy atom. The van der Waals surface area contributed by atoms with Crippen LogP contribution in [0.5, 0.6) is 0 Å². The second-order valence-corrected chi connectivity index (χ2v) is 6.77. The predicted molar refractivity (Wildman–Crippen MR) is 105 cm³/mol. The van der Waals surface area contributed by atoms with Crippen LogP contribution in [0, 0.1) is 0 Å². The van der Waals surface area contributed by atoms with Crippen molar-refractivity contribution in [2.75, 3.05) is 25.5 Å². The van der Waals surface area contributed by atoms with E-state index >= 15 is 0 Å². The maximum absolute atomic E-state index is 12.3. The number of nitrogens with one attached hydrogen (secondary N) is 2. The molecule has 0 saturated carbocycles. The number of hydrogen-bond donors (Lipinski definition) is 2. The number of amides is 1. The fourth-order valence-electron chi connectivity index (χ4n) is 3.40. The summed E-state index contributed by atoms with van der Waals surface area (Å²) in [6, 6.07) is 6.54. The topological polar surface area (TPSA) is 70.2 Å². The molecule has 2 aliphatic rings. The van der Waals surface area contributed by atoms with Gasteiger partial charge >= 0.3 is 0 Å². The number of carbonyl (C=O) groups excluding carboxylic acids is 1. The van der Waals surface area contributed by atoms with Crippen LogP contribution in [0.15, 0.2) is 54.5 Å². The van der Waals surface area contributed by atoms with Crippen LogP contribution in [0.25, 0.3) is 0 Å². The van der Waals surface area contributed by atoms with E-state index in [0.29, 0.717) is 18.1 Å². The van der Waals surface area contributed by atoms with Gasteiger partial charge in [0.2, 0.25) is 5.95 Å². The SMILES string of the molecule is CNc1ncc(C(=O)NCc2ccc3c(c2)CCN(C2=CC=C2)CC3)cn1. The van der Waals surface area contributed by atoms with Gasteiger partial charge in [0.15, 0.2) is 0 Å². The molecular weight excluding hydrogens is 338 g/mol. The van der Waals surface area contributed by atoms with E-state index in [4.69, 9.17) is 0 Å². The Morgan fingerprint density at radius 2 is 1.89 bits per heavy atom. The molecule has 0 fully saturated rings. The molecule has 1 aliphatic carbocycles. The van der Waals surface area contributed by atoms with E-state index in [-0.39, 0.29) is 5.91 Å². The van der Waals surface area contributed by atoms with E-state index < -0.39 is 0 Å². The molecule has 6 nitrogen and oxygen atoms in total. The number of hydrogen-bond acceptors (Lipinski definition) is 5. The van der Waals surface area contributed by atoms with Gasteiger partial charge in [0.25, 0.3) is 5.91 Å². The lowest BCUT2D eigenvalue weighted by Gasteiger charge is -2.26. The van der Waals surface area contributed by atoms with Gasteiger partial charge < -0.3 is 15.5 Å². The molecule has 2 heterocycles. The minimum absolute atomic E-state index is 0.164. The zero-order chi connectivity index (χ0) is 18.6. The fourth-order valence-corrected chi connectivity index (χ4v) is 3.40. The molecule has 0 saturated heterocycles. The van der Waals surface area contributed by atoms with Crippen molar-refractivity contribution in [3.05, 3.63) is 76.8 Å². The Morgan fingerprint density at radius 1 is 1.15 bits per heavy atom. The van der Waals surface area contributed by atoms with Gasteiger partial charge in [-0.05, 0) is 41.7 Å². The highest BCUT2D eigenvalue weighted by Gasteiger charge is 2.16. The summed E-state index contributed by atoms with van der Waals surface area (Å²) in [5.74, 6) is 0.335. The van der Waals surface area contributed by atoms with Gasteiger partial charge in [-0.1, -0.05) is 24.3 Å². The van der Waals surface area contributed by atoms with Crippen molar-refractivity contribution in [3.63, 3.8) is 0 Å². The summed E-state index contributed by atoms with van der Waals surface area (Å²) in [7, 11) is 1.74. The molecular formula is C21H23N5O.